The van der Waals surface area contributed by atoms with Gasteiger partial charge in [-0.1, -0.05) is 62.2 Å². The molecule has 1 aromatic rings. The molecule has 1 spiro atoms. The van der Waals surface area contributed by atoms with Gasteiger partial charge in [0, 0.05) is 11.8 Å². The fraction of sp³-hybridized carbons (Fsp3) is 0.400. The molecular formula is C15H12Br2O2. The molecule has 19 heavy (non-hydrogen) atoms. The van der Waals surface area contributed by atoms with Crippen LogP contribution in [-0.4, -0.2) is 22.3 Å². The number of halogens is 2. The molecule has 98 valence electrons. The van der Waals surface area contributed by atoms with E-state index in [0.717, 1.165) is 10.9 Å². The van der Waals surface area contributed by atoms with Crippen LogP contribution in [0.15, 0.2) is 40.9 Å². The minimum absolute atomic E-state index is 0.171. The minimum Gasteiger partial charge on any atom is -0.361 e. The van der Waals surface area contributed by atoms with E-state index in [0.29, 0.717) is 6.61 Å². The number of Topliss-reactive ketones (excluding diaryl/α,β-unsaturated/α-hetero) is 1. The van der Waals surface area contributed by atoms with Gasteiger partial charge in [0.2, 0.25) is 0 Å². The third kappa shape index (κ3) is 1.48. The Kier molecular flexibility index (Phi) is 2.46. The lowest BCUT2D eigenvalue weighted by Gasteiger charge is -2.48. The van der Waals surface area contributed by atoms with Gasteiger partial charge in [0.1, 0.15) is 4.32 Å². The lowest BCUT2D eigenvalue weighted by molar-refractivity contribution is -0.130. The van der Waals surface area contributed by atoms with Crippen LogP contribution in [0.4, 0.5) is 0 Å². The maximum atomic E-state index is 12.8. The molecule has 0 N–H and O–H groups in total. The van der Waals surface area contributed by atoms with Gasteiger partial charge in [-0.05, 0) is 22.5 Å². The fourth-order valence-electron chi connectivity index (χ4n) is 3.52. The number of ether oxygens (including phenoxy) is 1. The Balaban J connectivity index is 1.85. The molecular weight excluding hydrogens is 372 g/mol. The number of ketones is 1. The number of alkyl halides is 1. The highest BCUT2D eigenvalue weighted by Crippen LogP contribution is 2.62. The van der Waals surface area contributed by atoms with Gasteiger partial charge >= 0.3 is 0 Å². The summed E-state index contributed by atoms with van der Waals surface area (Å²) in [5.74, 6) is 0.542. The predicted octanol–water partition coefficient (Wildman–Crippen LogP) is 3.55. The van der Waals surface area contributed by atoms with E-state index >= 15 is 0 Å². The Bertz CT molecular complexity index is 591. The highest BCUT2D eigenvalue weighted by molar-refractivity contribution is 9.12. The summed E-state index contributed by atoms with van der Waals surface area (Å²) >= 11 is 7.34. The van der Waals surface area contributed by atoms with Crippen molar-refractivity contribution < 1.29 is 9.53 Å². The van der Waals surface area contributed by atoms with Crippen molar-refractivity contribution >= 4 is 37.6 Å². The summed E-state index contributed by atoms with van der Waals surface area (Å²) in [6, 6.07) is 10.3. The van der Waals surface area contributed by atoms with Crippen molar-refractivity contribution in [3.63, 3.8) is 0 Å². The molecule has 4 heteroatoms. The summed E-state index contributed by atoms with van der Waals surface area (Å²) in [4.78, 5) is 12.8. The van der Waals surface area contributed by atoms with E-state index in [9.17, 15) is 4.79 Å². The van der Waals surface area contributed by atoms with Crippen LogP contribution in [-0.2, 0) is 9.53 Å². The number of epoxide rings is 1. The van der Waals surface area contributed by atoms with E-state index in [1.165, 1.54) is 5.56 Å². The zero-order valence-corrected chi connectivity index (χ0v) is 13.3. The Hall–Kier alpha value is -0.450. The molecule has 4 atom stereocenters. The van der Waals surface area contributed by atoms with Crippen molar-refractivity contribution in [3.8, 4) is 0 Å². The zero-order chi connectivity index (χ0) is 13.3. The van der Waals surface area contributed by atoms with Crippen LogP contribution in [0, 0.1) is 5.92 Å². The Morgan fingerprint density at radius 2 is 1.89 bits per heavy atom. The summed E-state index contributed by atoms with van der Waals surface area (Å²) in [5, 5.41) is 0. The summed E-state index contributed by atoms with van der Waals surface area (Å²) in [5.41, 5.74) is 0.659. The zero-order valence-electron chi connectivity index (χ0n) is 10.1. The van der Waals surface area contributed by atoms with Crippen molar-refractivity contribution in [1.82, 2.24) is 0 Å². The highest BCUT2D eigenvalue weighted by atomic mass is 79.9. The van der Waals surface area contributed by atoms with E-state index < -0.39 is 9.93 Å². The summed E-state index contributed by atoms with van der Waals surface area (Å²) in [7, 11) is 0. The Morgan fingerprint density at radius 3 is 2.53 bits per heavy atom. The number of carbonyl (C=O) groups is 1. The average Bonchev–Trinajstić information content (AvgIpc) is 3.18. The number of fused-ring (bicyclic) bond motifs is 1. The first-order chi connectivity index (χ1) is 9.08. The maximum Gasteiger partial charge on any atom is 0.188 e. The molecule has 0 aromatic heterocycles. The molecule has 0 radical (unpaired) electrons. The fourth-order valence-corrected chi connectivity index (χ4v) is 5.77. The molecule has 1 aliphatic heterocycles. The molecule has 0 amide bonds. The monoisotopic (exact) mass is 382 g/mol. The second-order valence-corrected chi connectivity index (χ2v) is 7.78. The van der Waals surface area contributed by atoms with Gasteiger partial charge in [0.25, 0.3) is 0 Å². The van der Waals surface area contributed by atoms with Crippen LogP contribution in [0.5, 0.6) is 0 Å². The molecule has 1 heterocycles. The second kappa shape index (κ2) is 3.80. The molecule has 1 saturated carbocycles. The largest absolute Gasteiger partial charge is 0.361 e. The van der Waals surface area contributed by atoms with Crippen molar-refractivity contribution in [2.75, 3.05) is 6.61 Å². The van der Waals surface area contributed by atoms with Gasteiger partial charge in [0.15, 0.2) is 11.4 Å². The highest BCUT2D eigenvalue weighted by Gasteiger charge is 2.71. The topological polar surface area (TPSA) is 29.6 Å². The maximum absolute atomic E-state index is 12.8. The van der Waals surface area contributed by atoms with E-state index in [1.807, 2.05) is 24.3 Å². The number of hydrogen-bond acceptors (Lipinski definition) is 2. The van der Waals surface area contributed by atoms with Crippen molar-refractivity contribution in [2.45, 2.75) is 22.3 Å². The van der Waals surface area contributed by atoms with E-state index in [-0.39, 0.29) is 17.6 Å². The SMILES string of the molecule is O=C1C2(Br)C=C(Br)C(CC2c2ccccc2)[C@@]12CO2. The lowest BCUT2D eigenvalue weighted by Crippen LogP contribution is -2.57. The van der Waals surface area contributed by atoms with Gasteiger partial charge in [-0.25, -0.2) is 0 Å². The second-order valence-electron chi connectivity index (χ2n) is 5.56. The molecule has 2 nitrogen and oxygen atoms in total. The molecule has 2 fully saturated rings. The van der Waals surface area contributed by atoms with Crippen LogP contribution in [0.2, 0.25) is 0 Å². The van der Waals surface area contributed by atoms with Crippen LogP contribution in [0.3, 0.4) is 0 Å². The normalized spacial score (nSPS) is 43.5. The summed E-state index contributed by atoms with van der Waals surface area (Å²) in [6.45, 7) is 0.564. The molecule has 4 aliphatic rings. The first-order valence-corrected chi connectivity index (χ1v) is 7.97. The quantitative estimate of drug-likeness (QED) is 0.548. The van der Waals surface area contributed by atoms with Crippen LogP contribution in [0.25, 0.3) is 0 Å². The lowest BCUT2D eigenvalue weighted by atomic mass is 9.61. The summed E-state index contributed by atoms with van der Waals surface area (Å²) < 4.78 is 6.03. The van der Waals surface area contributed by atoms with Crippen LogP contribution < -0.4 is 0 Å². The third-order valence-electron chi connectivity index (χ3n) is 4.61. The van der Waals surface area contributed by atoms with E-state index in [1.54, 1.807) is 0 Å². The van der Waals surface area contributed by atoms with Crippen molar-refractivity contribution in [1.29, 1.82) is 0 Å². The number of allylic oxidation sites excluding steroid dienone is 1. The third-order valence-corrected chi connectivity index (χ3v) is 6.54. The molecule has 3 aliphatic carbocycles. The van der Waals surface area contributed by atoms with Gasteiger partial charge in [-0.3, -0.25) is 4.79 Å². The predicted molar refractivity (Wildman–Crippen MR) is 79.6 cm³/mol. The molecule has 1 aromatic carbocycles. The first kappa shape index (κ1) is 12.3. The van der Waals surface area contributed by atoms with Gasteiger partial charge < -0.3 is 4.74 Å². The van der Waals surface area contributed by atoms with Crippen LogP contribution in [0.1, 0.15) is 17.9 Å². The van der Waals surface area contributed by atoms with Gasteiger partial charge in [-0.15, -0.1) is 0 Å². The van der Waals surface area contributed by atoms with Gasteiger partial charge in [-0.2, -0.15) is 0 Å². The average molecular weight is 384 g/mol. The number of hydrogen-bond donors (Lipinski definition) is 0. The standard InChI is InChI=1S/C15H12Br2O2/c16-12-7-14(17)10(9-4-2-1-3-5-9)6-11(12)15(8-19-15)13(14)18/h1-5,7,10-11H,6,8H2/t10?,11?,14?,15-/m0/s1. The Labute approximate surface area is 128 Å². The molecule has 5 rings (SSSR count). The number of rotatable bonds is 1. The number of carbonyl (C=O) groups excluding carboxylic acids is 1. The minimum atomic E-state index is -0.627. The summed E-state index contributed by atoms with van der Waals surface area (Å²) in [6.07, 6.45) is 2.98. The number of benzene rings is 1. The van der Waals surface area contributed by atoms with Crippen molar-refractivity contribution in [2.24, 2.45) is 5.92 Å². The van der Waals surface area contributed by atoms with Crippen LogP contribution >= 0.6 is 31.9 Å². The van der Waals surface area contributed by atoms with Gasteiger partial charge in [0.05, 0.1) is 6.61 Å². The molecule has 3 unspecified atom stereocenters. The molecule has 2 bridgehead atoms. The Morgan fingerprint density at radius 1 is 1.21 bits per heavy atom. The van der Waals surface area contributed by atoms with Crippen molar-refractivity contribution in [3.05, 3.63) is 46.5 Å². The first-order valence-electron chi connectivity index (χ1n) is 6.39. The molecule has 1 saturated heterocycles. The van der Waals surface area contributed by atoms with E-state index in [2.05, 4.69) is 44.0 Å². The smallest absolute Gasteiger partial charge is 0.188 e. The van der Waals surface area contributed by atoms with E-state index in [4.69, 9.17) is 4.74 Å².